The van der Waals surface area contributed by atoms with Gasteiger partial charge in [-0.2, -0.15) is 0 Å². The molecule has 7 nitrogen and oxygen atoms in total. The Balaban J connectivity index is 2.34. The van der Waals surface area contributed by atoms with Crippen molar-refractivity contribution in [2.75, 3.05) is 13.1 Å². The molecule has 0 saturated carbocycles. The van der Waals surface area contributed by atoms with Crippen molar-refractivity contribution in [2.24, 2.45) is 0 Å². The third kappa shape index (κ3) is 4.11. The Hall–Kier alpha value is -1.86. The van der Waals surface area contributed by atoms with Crippen LogP contribution in [0.25, 0.3) is 0 Å². The van der Waals surface area contributed by atoms with Gasteiger partial charge in [0.15, 0.2) is 5.75 Å². The van der Waals surface area contributed by atoms with Crippen molar-refractivity contribution in [3.8, 4) is 5.75 Å². The van der Waals surface area contributed by atoms with Gasteiger partial charge in [-0.25, -0.2) is 4.79 Å². The van der Waals surface area contributed by atoms with Crippen LogP contribution in [0.1, 0.15) is 38.9 Å². The van der Waals surface area contributed by atoms with Gasteiger partial charge in [-0.3, -0.25) is 9.69 Å². The Kier molecular flexibility index (Phi) is 5.43. The third-order valence-electron chi connectivity index (χ3n) is 4.03. The molecule has 0 spiro atoms. The lowest BCUT2D eigenvalue weighted by molar-refractivity contribution is -0.141. The number of ether oxygens (including phenoxy) is 1. The number of pyridine rings is 1. The summed E-state index contributed by atoms with van der Waals surface area (Å²) in [6.07, 6.45) is 1.75. The number of rotatable bonds is 5. The summed E-state index contributed by atoms with van der Waals surface area (Å²) in [7, 11) is 0. The monoisotopic (exact) mass is 324 g/mol. The number of hydrogen-bond donors (Lipinski definition) is 2. The molecular weight excluding hydrogens is 300 g/mol. The zero-order valence-electron chi connectivity index (χ0n) is 13.7. The highest BCUT2D eigenvalue weighted by Crippen LogP contribution is 2.20. The van der Waals surface area contributed by atoms with Gasteiger partial charge in [0.25, 0.3) is 0 Å². The molecule has 1 aliphatic heterocycles. The van der Waals surface area contributed by atoms with E-state index in [9.17, 15) is 19.8 Å². The quantitative estimate of drug-likeness (QED) is 0.845. The lowest BCUT2D eigenvalue weighted by Gasteiger charge is -2.36. The molecule has 2 N–H and O–H groups in total. The van der Waals surface area contributed by atoms with Gasteiger partial charge in [0.2, 0.25) is 5.43 Å². The molecule has 1 aromatic heterocycles. The molecule has 3 unspecified atom stereocenters. The van der Waals surface area contributed by atoms with Crippen LogP contribution >= 0.6 is 0 Å². The molecule has 3 atom stereocenters. The Morgan fingerprint density at radius 1 is 1.39 bits per heavy atom. The summed E-state index contributed by atoms with van der Waals surface area (Å²) in [5.41, 5.74) is 0.0919. The maximum atomic E-state index is 11.8. The fourth-order valence-electron chi connectivity index (χ4n) is 3.13. The predicted octanol–water partition coefficient (Wildman–Crippen LogP) is 1.20. The van der Waals surface area contributed by atoms with Gasteiger partial charge < -0.3 is 19.5 Å². The second-order valence-electron chi connectivity index (χ2n) is 6.14. The maximum Gasteiger partial charge on any atom is 0.326 e. The fourth-order valence-corrected chi connectivity index (χ4v) is 3.13. The van der Waals surface area contributed by atoms with Crippen LogP contribution in [0.2, 0.25) is 0 Å². The molecule has 0 radical (unpaired) electrons. The first kappa shape index (κ1) is 17.5. The first-order chi connectivity index (χ1) is 10.8. The molecule has 7 heteroatoms. The summed E-state index contributed by atoms with van der Waals surface area (Å²) in [5.74, 6) is -1.42. The van der Waals surface area contributed by atoms with E-state index in [0.717, 1.165) is 0 Å². The lowest BCUT2D eigenvalue weighted by Crippen LogP contribution is -2.45. The molecule has 0 aliphatic carbocycles. The molecular formula is C16H24N2O5. The largest absolute Gasteiger partial charge is 0.503 e. The van der Waals surface area contributed by atoms with Crippen molar-refractivity contribution in [1.29, 1.82) is 0 Å². The van der Waals surface area contributed by atoms with Gasteiger partial charge in [0.1, 0.15) is 6.04 Å². The molecule has 0 bridgehead atoms. The summed E-state index contributed by atoms with van der Waals surface area (Å²) in [6, 6.07) is 0.513. The predicted molar refractivity (Wildman–Crippen MR) is 84.6 cm³/mol. The number of aromatic hydroxyl groups is 1. The van der Waals surface area contributed by atoms with Gasteiger partial charge in [0.05, 0.1) is 18.4 Å². The van der Waals surface area contributed by atoms with E-state index in [1.807, 2.05) is 13.8 Å². The molecule has 1 fully saturated rings. The van der Waals surface area contributed by atoms with Crippen molar-refractivity contribution < 1.29 is 19.7 Å². The fraction of sp³-hybridized carbons (Fsp3) is 0.625. The van der Waals surface area contributed by atoms with E-state index in [1.165, 1.54) is 16.8 Å². The van der Waals surface area contributed by atoms with E-state index in [0.29, 0.717) is 31.7 Å². The normalized spacial score (nSPS) is 23.6. The van der Waals surface area contributed by atoms with Crippen LogP contribution in [-0.2, 0) is 16.1 Å². The maximum absolute atomic E-state index is 11.8. The van der Waals surface area contributed by atoms with Gasteiger partial charge in [0, 0.05) is 31.4 Å². The Bertz CT molecular complexity index is 617. The van der Waals surface area contributed by atoms with Crippen LogP contribution in [0.15, 0.2) is 17.1 Å². The van der Waals surface area contributed by atoms with E-state index >= 15 is 0 Å². The average Bonchev–Trinajstić information content (AvgIpc) is 2.43. The van der Waals surface area contributed by atoms with Crippen LogP contribution in [0.4, 0.5) is 0 Å². The van der Waals surface area contributed by atoms with Crippen LogP contribution in [0, 0.1) is 0 Å². The Morgan fingerprint density at radius 2 is 2.00 bits per heavy atom. The number of carboxylic acids is 1. The number of morpholine rings is 1. The zero-order chi connectivity index (χ0) is 17.1. The van der Waals surface area contributed by atoms with Gasteiger partial charge >= 0.3 is 5.97 Å². The Morgan fingerprint density at radius 3 is 2.52 bits per heavy atom. The minimum Gasteiger partial charge on any atom is -0.503 e. The van der Waals surface area contributed by atoms with Crippen molar-refractivity contribution in [3.05, 3.63) is 28.2 Å². The minimum atomic E-state index is -0.986. The number of carbonyl (C=O) groups is 1. The van der Waals surface area contributed by atoms with Crippen LogP contribution in [0.3, 0.4) is 0 Å². The average molecular weight is 324 g/mol. The second kappa shape index (κ2) is 7.14. The van der Waals surface area contributed by atoms with Crippen LogP contribution in [-0.4, -0.2) is 50.9 Å². The van der Waals surface area contributed by atoms with Crippen LogP contribution in [0.5, 0.6) is 5.75 Å². The highest BCUT2D eigenvalue weighted by molar-refractivity contribution is 5.72. The summed E-state index contributed by atoms with van der Waals surface area (Å²) in [5, 5.41) is 19.1. The van der Waals surface area contributed by atoms with Gasteiger partial charge in [-0.1, -0.05) is 6.92 Å². The van der Waals surface area contributed by atoms with E-state index in [2.05, 4.69) is 4.90 Å². The highest BCUT2D eigenvalue weighted by atomic mass is 16.5. The zero-order valence-corrected chi connectivity index (χ0v) is 13.7. The third-order valence-corrected chi connectivity index (χ3v) is 4.03. The van der Waals surface area contributed by atoms with E-state index in [1.54, 1.807) is 6.92 Å². The van der Waals surface area contributed by atoms with Crippen molar-refractivity contribution >= 4 is 5.97 Å². The summed E-state index contributed by atoms with van der Waals surface area (Å²) in [6.45, 7) is 7.60. The minimum absolute atomic E-state index is 0.0810. The molecule has 0 amide bonds. The van der Waals surface area contributed by atoms with Crippen molar-refractivity contribution in [3.63, 3.8) is 0 Å². The van der Waals surface area contributed by atoms with E-state index in [4.69, 9.17) is 4.74 Å². The number of aromatic nitrogens is 1. The first-order valence-corrected chi connectivity index (χ1v) is 7.86. The summed E-state index contributed by atoms with van der Waals surface area (Å²) >= 11 is 0. The molecule has 23 heavy (non-hydrogen) atoms. The summed E-state index contributed by atoms with van der Waals surface area (Å²) < 4.78 is 7.18. The van der Waals surface area contributed by atoms with Crippen molar-refractivity contribution in [1.82, 2.24) is 9.47 Å². The molecule has 128 valence electrons. The molecule has 2 heterocycles. The van der Waals surface area contributed by atoms with Crippen molar-refractivity contribution in [2.45, 2.75) is 52.0 Å². The van der Waals surface area contributed by atoms with Gasteiger partial charge in [-0.15, -0.1) is 0 Å². The first-order valence-electron chi connectivity index (χ1n) is 7.86. The SMILES string of the molecule is CCC(C(=O)O)n1cc(O)c(=O)cc1CN1CC(C)OC(C)C1. The number of nitrogens with zero attached hydrogens (tertiary/aromatic N) is 2. The molecule has 1 aromatic rings. The van der Waals surface area contributed by atoms with E-state index < -0.39 is 23.2 Å². The van der Waals surface area contributed by atoms with E-state index in [-0.39, 0.29) is 12.2 Å². The number of carboxylic acid groups (broad SMARTS) is 1. The molecule has 1 aliphatic rings. The molecule has 0 aromatic carbocycles. The number of aliphatic carboxylic acids is 1. The number of hydrogen-bond acceptors (Lipinski definition) is 5. The topological polar surface area (TPSA) is 92.0 Å². The highest BCUT2D eigenvalue weighted by Gasteiger charge is 2.25. The molecule has 2 rings (SSSR count). The Labute approximate surface area is 135 Å². The molecule has 1 saturated heterocycles. The standard InChI is InChI=1S/C16H24N2O5/c1-4-13(16(21)22)18-9-15(20)14(19)5-12(18)8-17-6-10(2)23-11(3)7-17/h5,9-11,13,20H,4,6-8H2,1-3H3,(H,21,22). The van der Waals surface area contributed by atoms with Gasteiger partial charge in [-0.05, 0) is 20.3 Å². The van der Waals surface area contributed by atoms with Crippen LogP contribution < -0.4 is 5.43 Å². The lowest BCUT2D eigenvalue weighted by atomic mass is 10.1. The smallest absolute Gasteiger partial charge is 0.326 e. The second-order valence-corrected chi connectivity index (χ2v) is 6.14. The summed E-state index contributed by atoms with van der Waals surface area (Å²) in [4.78, 5) is 25.4.